The fourth-order valence-electron chi connectivity index (χ4n) is 3.00. The van der Waals surface area contributed by atoms with E-state index in [4.69, 9.17) is 0 Å². The van der Waals surface area contributed by atoms with Gasteiger partial charge in [0.15, 0.2) is 5.65 Å². The molecule has 0 aliphatic heterocycles. The number of alkyl halides is 3. The highest BCUT2D eigenvalue weighted by molar-refractivity contribution is 5.48. The average Bonchev–Trinajstić information content (AvgIpc) is 2.97. The highest BCUT2D eigenvalue weighted by Crippen LogP contribution is 2.31. The van der Waals surface area contributed by atoms with Gasteiger partial charge in [0, 0.05) is 29.1 Å². The maximum Gasteiger partial charge on any atom is 0.433 e. The molecule has 0 N–H and O–H groups in total. The molecule has 4 nitrogen and oxygen atoms in total. The summed E-state index contributed by atoms with van der Waals surface area (Å²) in [6, 6.07) is 4.02. The van der Waals surface area contributed by atoms with Crippen LogP contribution in [-0.2, 0) is 18.0 Å². The van der Waals surface area contributed by atoms with E-state index in [1.165, 1.54) is 6.07 Å². The summed E-state index contributed by atoms with van der Waals surface area (Å²) in [5.74, 6) is 0.316. The minimum Gasteiger partial charge on any atom is -0.248 e. The molecule has 0 aliphatic carbocycles. The molecule has 3 rings (SSSR count). The van der Waals surface area contributed by atoms with Gasteiger partial charge in [-0.1, -0.05) is 33.8 Å². The first kappa shape index (κ1) is 18.4. The largest absolute Gasteiger partial charge is 0.433 e. The van der Waals surface area contributed by atoms with E-state index in [9.17, 15) is 13.2 Å². The van der Waals surface area contributed by atoms with Crippen LogP contribution in [0.25, 0.3) is 5.65 Å². The Bertz CT molecular complexity index is 926. The predicted molar refractivity (Wildman–Crippen MR) is 93.0 cm³/mol. The quantitative estimate of drug-likeness (QED) is 0.670. The monoisotopic (exact) mass is 362 g/mol. The highest BCUT2D eigenvalue weighted by Gasteiger charge is 2.34. The van der Waals surface area contributed by atoms with Crippen molar-refractivity contribution in [1.29, 1.82) is 0 Å². The van der Waals surface area contributed by atoms with E-state index in [2.05, 4.69) is 28.9 Å². The van der Waals surface area contributed by atoms with E-state index in [1.54, 1.807) is 23.0 Å². The summed E-state index contributed by atoms with van der Waals surface area (Å²) in [5.41, 5.74) is 1.71. The first-order valence-electron chi connectivity index (χ1n) is 8.45. The molecule has 138 valence electrons. The summed E-state index contributed by atoms with van der Waals surface area (Å²) in [5, 5.41) is 4.34. The zero-order chi connectivity index (χ0) is 19.1. The van der Waals surface area contributed by atoms with Crippen molar-refractivity contribution in [2.75, 3.05) is 0 Å². The predicted octanol–water partition coefficient (Wildman–Crippen LogP) is 4.79. The number of hydrogen-bond donors (Lipinski definition) is 0. The van der Waals surface area contributed by atoms with Crippen LogP contribution in [0.1, 0.15) is 56.1 Å². The smallest absolute Gasteiger partial charge is 0.248 e. The van der Waals surface area contributed by atoms with Crippen molar-refractivity contribution in [3.05, 3.63) is 59.3 Å². The zero-order valence-corrected chi connectivity index (χ0v) is 15.2. The van der Waals surface area contributed by atoms with E-state index in [1.807, 2.05) is 20.0 Å². The number of hydrogen-bond acceptors (Lipinski definition) is 3. The van der Waals surface area contributed by atoms with Crippen LogP contribution >= 0.6 is 0 Å². The van der Waals surface area contributed by atoms with Crippen LogP contribution in [0.5, 0.6) is 0 Å². The molecule has 3 aromatic rings. The Labute approximate surface area is 150 Å². The highest BCUT2D eigenvalue weighted by atomic mass is 19.4. The third-order valence-electron chi connectivity index (χ3n) is 4.44. The van der Waals surface area contributed by atoms with Crippen molar-refractivity contribution in [1.82, 2.24) is 19.6 Å². The number of rotatable bonds is 4. The van der Waals surface area contributed by atoms with Crippen molar-refractivity contribution in [2.45, 2.75) is 51.6 Å². The molecule has 0 unspecified atom stereocenters. The van der Waals surface area contributed by atoms with Gasteiger partial charge in [-0.2, -0.15) is 18.3 Å². The van der Waals surface area contributed by atoms with Crippen LogP contribution in [0.4, 0.5) is 13.2 Å². The first-order valence-corrected chi connectivity index (χ1v) is 8.45. The number of aromatic nitrogens is 4. The Kier molecular flexibility index (Phi) is 4.50. The van der Waals surface area contributed by atoms with Gasteiger partial charge in [0.05, 0.1) is 6.20 Å². The molecule has 0 bridgehead atoms. The van der Waals surface area contributed by atoms with Crippen molar-refractivity contribution in [3.63, 3.8) is 0 Å². The number of fused-ring (bicyclic) bond motifs is 1. The number of halogens is 3. The maximum absolute atomic E-state index is 12.9. The van der Waals surface area contributed by atoms with Gasteiger partial charge >= 0.3 is 6.18 Å². The lowest BCUT2D eigenvalue weighted by molar-refractivity contribution is -0.141. The van der Waals surface area contributed by atoms with Crippen molar-refractivity contribution >= 4 is 5.65 Å². The summed E-state index contributed by atoms with van der Waals surface area (Å²) in [7, 11) is 0. The Morgan fingerprint density at radius 3 is 2.42 bits per heavy atom. The second-order valence-corrected chi connectivity index (χ2v) is 7.45. The van der Waals surface area contributed by atoms with Crippen molar-refractivity contribution in [3.8, 4) is 0 Å². The average molecular weight is 362 g/mol. The summed E-state index contributed by atoms with van der Waals surface area (Å²) < 4.78 is 40.5. The molecular weight excluding hydrogens is 341 g/mol. The topological polar surface area (TPSA) is 43.1 Å². The van der Waals surface area contributed by atoms with E-state index >= 15 is 0 Å². The molecule has 26 heavy (non-hydrogen) atoms. The second kappa shape index (κ2) is 6.37. The van der Waals surface area contributed by atoms with Gasteiger partial charge in [-0.25, -0.2) is 14.5 Å². The molecule has 0 aliphatic rings. The fourth-order valence-corrected chi connectivity index (χ4v) is 3.00. The van der Waals surface area contributed by atoms with E-state index < -0.39 is 17.3 Å². The zero-order valence-electron chi connectivity index (χ0n) is 15.2. The molecule has 0 amide bonds. The van der Waals surface area contributed by atoms with Crippen LogP contribution in [0.15, 0.2) is 36.8 Å². The maximum atomic E-state index is 12.9. The molecule has 7 heteroatoms. The molecule has 3 aromatic heterocycles. The minimum absolute atomic E-state index is 0.316. The molecule has 0 saturated carbocycles. The fraction of sp³-hybridized carbons (Fsp3) is 0.421. The van der Waals surface area contributed by atoms with Crippen LogP contribution in [0.3, 0.4) is 0 Å². The number of pyridine rings is 1. The van der Waals surface area contributed by atoms with E-state index in [0.717, 1.165) is 22.8 Å². The van der Waals surface area contributed by atoms with Crippen LogP contribution < -0.4 is 0 Å². The van der Waals surface area contributed by atoms with E-state index in [-0.39, 0.29) is 0 Å². The van der Waals surface area contributed by atoms with Crippen molar-refractivity contribution < 1.29 is 13.2 Å². The summed E-state index contributed by atoms with van der Waals surface area (Å²) in [6.07, 6.45) is 1.49. The molecule has 0 saturated heterocycles. The van der Waals surface area contributed by atoms with Gasteiger partial charge in [0.1, 0.15) is 5.69 Å². The Morgan fingerprint density at radius 2 is 1.77 bits per heavy atom. The normalized spacial score (nSPS) is 12.9. The lowest BCUT2D eigenvalue weighted by atomic mass is 9.83. The van der Waals surface area contributed by atoms with Crippen LogP contribution in [0, 0.1) is 0 Å². The summed E-state index contributed by atoms with van der Waals surface area (Å²) >= 11 is 0. The van der Waals surface area contributed by atoms with Crippen LogP contribution in [0.2, 0.25) is 0 Å². The second-order valence-electron chi connectivity index (χ2n) is 7.45. The van der Waals surface area contributed by atoms with Crippen molar-refractivity contribution in [2.24, 2.45) is 0 Å². The standard InChI is InChI=1S/C19H21F3N4/c1-12(2)14-10-24-26-11-13(9-23-17(14)26)8-18(3,4)15-6-5-7-16(25-15)19(20,21)22/h5-7,9-12H,8H2,1-4H3. The lowest BCUT2D eigenvalue weighted by Crippen LogP contribution is -2.24. The molecule has 0 fully saturated rings. The Balaban J connectivity index is 1.91. The lowest BCUT2D eigenvalue weighted by Gasteiger charge is -2.25. The molecule has 3 heterocycles. The number of nitrogens with zero attached hydrogens (tertiary/aromatic N) is 4. The molecule has 0 aromatic carbocycles. The third-order valence-corrected chi connectivity index (χ3v) is 4.44. The summed E-state index contributed by atoms with van der Waals surface area (Å²) in [4.78, 5) is 8.33. The summed E-state index contributed by atoms with van der Waals surface area (Å²) in [6.45, 7) is 7.91. The minimum atomic E-state index is -4.45. The van der Waals surface area contributed by atoms with Gasteiger partial charge in [0.2, 0.25) is 0 Å². The van der Waals surface area contributed by atoms with Gasteiger partial charge < -0.3 is 0 Å². The van der Waals surface area contributed by atoms with Gasteiger partial charge in [-0.3, -0.25) is 0 Å². The molecular formula is C19H21F3N4. The van der Waals surface area contributed by atoms with Gasteiger partial charge in [0.25, 0.3) is 0 Å². The molecule has 0 spiro atoms. The van der Waals surface area contributed by atoms with Gasteiger partial charge in [-0.15, -0.1) is 0 Å². The SMILES string of the molecule is CC(C)c1cnn2cc(CC(C)(C)c3cccc(C(F)(F)F)n3)cnc12. The molecule has 0 radical (unpaired) electrons. The molecule has 0 atom stereocenters. The third kappa shape index (κ3) is 3.57. The Morgan fingerprint density at radius 1 is 1.08 bits per heavy atom. The Hall–Kier alpha value is -2.44. The van der Waals surface area contributed by atoms with Crippen LogP contribution in [-0.4, -0.2) is 19.6 Å². The van der Waals surface area contributed by atoms with E-state index in [0.29, 0.717) is 18.0 Å². The van der Waals surface area contributed by atoms with Gasteiger partial charge in [-0.05, 0) is 30.0 Å². The first-order chi connectivity index (χ1) is 12.1.